The number of urea groups is 1. The summed E-state index contributed by atoms with van der Waals surface area (Å²) in [5.41, 5.74) is 0. The number of halogens is 1. The Morgan fingerprint density at radius 3 is 2.63 bits per heavy atom. The summed E-state index contributed by atoms with van der Waals surface area (Å²) in [6.07, 6.45) is -0.920. The summed E-state index contributed by atoms with van der Waals surface area (Å²) in [6, 6.07) is 6.67. The lowest BCUT2D eigenvalue weighted by Crippen LogP contribution is -2.39. The van der Waals surface area contributed by atoms with Crippen molar-refractivity contribution in [1.82, 2.24) is 10.2 Å². The quantitative estimate of drug-likeness (QED) is 0.781. The van der Waals surface area contributed by atoms with Gasteiger partial charge in [-0.15, -0.1) is 0 Å². The summed E-state index contributed by atoms with van der Waals surface area (Å²) in [5.74, 6) is 0.271. The molecule has 1 saturated heterocycles. The van der Waals surface area contributed by atoms with Gasteiger partial charge in [-0.05, 0) is 24.3 Å². The highest BCUT2D eigenvalue weighted by Crippen LogP contribution is 2.16. The average Bonchev–Trinajstić information content (AvgIpc) is 2.70. The van der Waals surface area contributed by atoms with E-state index in [4.69, 9.17) is 4.74 Å². The first-order chi connectivity index (χ1) is 9.06. The predicted molar refractivity (Wildman–Crippen MR) is 70.8 cm³/mol. The molecule has 1 aliphatic heterocycles. The van der Waals surface area contributed by atoms with Crippen molar-refractivity contribution in [2.24, 2.45) is 0 Å². The number of nitrogens with zero attached hydrogens (tertiary/aromatic N) is 1. The molecule has 1 aliphatic rings. The number of aliphatic hydroxyl groups is 1. The van der Waals surface area contributed by atoms with Crippen LogP contribution in [0.15, 0.2) is 28.7 Å². The van der Waals surface area contributed by atoms with E-state index in [1.54, 1.807) is 12.1 Å². The van der Waals surface area contributed by atoms with E-state index >= 15 is 0 Å². The Morgan fingerprint density at radius 2 is 2.05 bits per heavy atom. The third kappa shape index (κ3) is 3.68. The number of carbonyl (C=O) groups excluding carboxylic acids is 2. The fourth-order valence-electron chi connectivity index (χ4n) is 1.63. The van der Waals surface area contributed by atoms with Gasteiger partial charge >= 0.3 is 6.03 Å². The van der Waals surface area contributed by atoms with Crippen LogP contribution in [0.1, 0.15) is 0 Å². The SMILES string of the molecule is O=C1CNC(=O)N1CC(O)COc1ccc(Br)cc1. The molecule has 2 rings (SSSR count). The summed E-state index contributed by atoms with van der Waals surface area (Å²) < 4.78 is 6.29. The number of hydrogen-bond donors (Lipinski definition) is 2. The average molecular weight is 329 g/mol. The molecule has 1 heterocycles. The molecule has 1 aromatic rings. The number of ether oxygens (including phenoxy) is 1. The van der Waals surface area contributed by atoms with Crippen molar-refractivity contribution in [3.63, 3.8) is 0 Å². The lowest BCUT2D eigenvalue weighted by Gasteiger charge is -2.17. The van der Waals surface area contributed by atoms with Crippen molar-refractivity contribution in [1.29, 1.82) is 0 Å². The van der Waals surface area contributed by atoms with Crippen molar-refractivity contribution < 1.29 is 19.4 Å². The number of carbonyl (C=O) groups is 2. The van der Waals surface area contributed by atoms with Crippen molar-refractivity contribution in [3.05, 3.63) is 28.7 Å². The van der Waals surface area contributed by atoms with Gasteiger partial charge in [0.15, 0.2) is 0 Å². The van der Waals surface area contributed by atoms with Crippen LogP contribution >= 0.6 is 15.9 Å². The second-order valence-corrected chi connectivity index (χ2v) is 5.00. The molecule has 1 atom stereocenters. The number of nitrogens with one attached hydrogen (secondary N) is 1. The molecule has 1 fully saturated rings. The number of benzene rings is 1. The molecule has 0 aromatic heterocycles. The summed E-state index contributed by atoms with van der Waals surface area (Å²) in [7, 11) is 0. The van der Waals surface area contributed by atoms with E-state index in [-0.39, 0.29) is 25.6 Å². The van der Waals surface area contributed by atoms with Crippen molar-refractivity contribution >= 4 is 27.9 Å². The molecule has 1 aromatic carbocycles. The Balaban J connectivity index is 1.81. The first-order valence-electron chi connectivity index (χ1n) is 5.71. The highest BCUT2D eigenvalue weighted by atomic mass is 79.9. The lowest BCUT2D eigenvalue weighted by molar-refractivity contribution is -0.126. The van der Waals surface area contributed by atoms with Crippen LogP contribution in [0.4, 0.5) is 4.79 Å². The van der Waals surface area contributed by atoms with E-state index in [1.165, 1.54) is 0 Å². The van der Waals surface area contributed by atoms with Crippen LogP contribution in [0, 0.1) is 0 Å². The number of aliphatic hydroxyl groups excluding tert-OH is 1. The molecule has 0 spiro atoms. The van der Waals surface area contributed by atoms with Crippen LogP contribution in [0.5, 0.6) is 5.75 Å². The van der Waals surface area contributed by atoms with Crippen LogP contribution in [-0.2, 0) is 4.79 Å². The standard InChI is InChI=1S/C12H13BrN2O4/c13-8-1-3-10(4-2-8)19-7-9(16)6-15-11(17)5-14-12(15)18/h1-4,9,16H,5-7H2,(H,14,18). The molecule has 3 amide bonds. The molecule has 0 saturated carbocycles. The number of imide groups is 1. The molecular weight excluding hydrogens is 316 g/mol. The summed E-state index contributed by atoms with van der Waals surface area (Å²) in [4.78, 5) is 23.6. The zero-order valence-electron chi connectivity index (χ0n) is 10.0. The smallest absolute Gasteiger partial charge is 0.324 e. The second kappa shape index (κ2) is 6.03. The number of β-amino-alcohol motifs (C(OH)–C–C–N with tert-alkyl or cyclic N) is 1. The Hall–Kier alpha value is -1.60. The monoisotopic (exact) mass is 328 g/mol. The van der Waals surface area contributed by atoms with Gasteiger partial charge < -0.3 is 15.2 Å². The van der Waals surface area contributed by atoms with Crippen LogP contribution < -0.4 is 10.1 Å². The highest BCUT2D eigenvalue weighted by Gasteiger charge is 2.30. The Kier molecular flexibility index (Phi) is 4.39. The maximum Gasteiger partial charge on any atom is 0.324 e. The minimum Gasteiger partial charge on any atom is -0.491 e. The summed E-state index contributed by atoms with van der Waals surface area (Å²) >= 11 is 3.30. The maximum absolute atomic E-state index is 11.3. The lowest BCUT2D eigenvalue weighted by atomic mass is 10.3. The van der Waals surface area contributed by atoms with E-state index in [0.29, 0.717) is 5.75 Å². The Morgan fingerprint density at radius 1 is 1.37 bits per heavy atom. The van der Waals surface area contributed by atoms with E-state index < -0.39 is 12.1 Å². The Labute approximate surface area is 118 Å². The van der Waals surface area contributed by atoms with Crippen LogP contribution in [0.25, 0.3) is 0 Å². The first kappa shape index (κ1) is 13.8. The molecule has 2 N–H and O–H groups in total. The molecule has 6 nitrogen and oxygen atoms in total. The molecule has 102 valence electrons. The fourth-order valence-corrected chi connectivity index (χ4v) is 1.89. The zero-order valence-corrected chi connectivity index (χ0v) is 11.6. The molecule has 1 unspecified atom stereocenters. The topological polar surface area (TPSA) is 78.9 Å². The maximum atomic E-state index is 11.3. The minimum atomic E-state index is -0.920. The summed E-state index contributed by atoms with van der Waals surface area (Å²) in [5, 5.41) is 12.1. The van der Waals surface area contributed by atoms with Gasteiger partial charge in [-0.1, -0.05) is 15.9 Å². The van der Waals surface area contributed by atoms with Crippen LogP contribution in [0.3, 0.4) is 0 Å². The van der Waals surface area contributed by atoms with Gasteiger partial charge in [-0.25, -0.2) is 4.79 Å². The second-order valence-electron chi connectivity index (χ2n) is 4.08. The van der Waals surface area contributed by atoms with Gasteiger partial charge in [0.1, 0.15) is 18.5 Å². The third-order valence-corrected chi connectivity index (χ3v) is 3.12. The van der Waals surface area contributed by atoms with Gasteiger partial charge in [0, 0.05) is 4.47 Å². The van der Waals surface area contributed by atoms with E-state index in [9.17, 15) is 14.7 Å². The van der Waals surface area contributed by atoms with Gasteiger partial charge in [-0.3, -0.25) is 9.69 Å². The molecular formula is C12H13BrN2O4. The van der Waals surface area contributed by atoms with Crippen LogP contribution in [0.2, 0.25) is 0 Å². The van der Waals surface area contributed by atoms with E-state index in [2.05, 4.69) is 21.2 Å². The normalized spacial score (nSPS) is 16.4. The van der Waals surface area contributed by atoms with E-state index in [1.807, 2.05) is 12.1 Å². The number of amides is 3. The van der Waals surface area contributed by atoms with Crippen molar-refractivity contribution in [2.45, 2.75) is 6.10 Å². The molecule has 0 bridgehead atoms. The first-order valence-corrected chi connectivity index (χ1v) is 6.50. The van der Waals surface area contributed by atoms with Gasteiger partial charge in [0.2, 0.25) is 5.91 Å². The molecule has 0 aliphatic carbocycles. The van der Waals surface area contributed by atoms with Crippen molar-refractivity contribution in [3.8, 4) is 5.75 Å². The van der Waals surface area contributed by atoms with Gasteiger partial charge in [0.25, 0.3) is 0 Å². The predicted octanol–water partition coefficient (Wildman–Crippen LogP) is 0.741. The fraction of sp³-hybridized carbons (Fsp3) is 0.333. The summed E-state index contributed by atoms with van der Waals surface area (Å²) in [6.45, 7) is -0.0704. The van der Waals surface area contributed by atoms with E-state index in [0.717, 1.165) is 9.37 Å². The van der Waals surface area contributed by atoms with Gasteiger partial charge in [0.05, 0.1) is 13.1 Å². The van der Waals surface area contributed by atoms with Gasteiger partial charge in [-0.2, -0.15) is 0 Å². The van der Waals surface area contributed by atoms with Crippen LogP contribution in [-0.4, -0.2) is 47.7 Å². The number of hydrogen-bond acceptors (Lipinski definition) is 4. The van der Waals surface area contributed by atoms with Crippen molar-refractivity contribution in [2.75, 3.05) is 19.7 Å². The molecule has 0 radical (unpaired) electrons. The minimum absolute atomic E-state index is 0.0126. The highest BCUT2D eigenvalue weighted by molar-refractivity contribution is 9.10. The molecule has 19 heavy (non-hydrogen) atoms. The zero-order chi connectivity index (χ0) is 13.8. The largest absolute Gasteiger partial charge is 0.491 e. The molecule has 7 heteroatoms. The Bertz CT molecular complexity index is 461. The number of rotatable bonds is 5. The third-order valence-electron chi connectivity index (χ3n) is 2.59.